The molecule has 2 aromatic heterocycles. The first-order chi connectivity index (χ1) is 18.6. The second-order valence-electron chi connectivity index (χ2n) is 9.82. The van der Waals surface area contributed by atoms with Crippen molar-refractivity contribution < 1.29 is 9.66 Å². The van der Waals surface area contributed by atoms with Crippen molar-refractivity contribution in [2.24, 2.45) is 0 Å². The van der Waals surface area contributed by atoms with E-state index >= 15 is 0 Å². The minimum absolute atomic E-state index is 0.112. The third-order valence-electron chi connectivity index (χ3n) is 7.38. The van der Waals surface area contributed by atoms with Gasteiger partial charge in [-0.2, -0.15) is 5.10 Å². The number of nitrogen functional groups attached to an aromatic ring is 1. The van der Waals surface area contributed by atoms with E-state index in [1.165, 1.54) is 17.7 Å². The number of likely N-dealkylation sites (tertiary alicyclic amines) is 1. The minimum atomic E-state index is -0.478. The number of hydrogen-bond acceptors (Lipinski definition) is 9. The topological polar surface area (TPSA) is 128 Å². The van der Waals surface area contributed by atoms with Gasteiger partial charge in [-0.05, 0) is 30.5 Å². The quantitative estimate of drug-likeness (QED) is 0.233. The van der Waals surface area contributed by atoms with E-state index in [4.69, 9.17) is 25.5 Å². The number of nitrogens with zero attached hydrogens (tertiary/aromatic N) is 7. The highest BCUT2D eigenvalue weighted by atomic mass is 16.6. The van der Waals surface area contributed by atoms with Crippen LogP contribution in [0.15, 0.2) is 54.7 Å². The summed E-state index contributed by atoms with van der Waals surface area (Å²) >= 11 is 0. The molecule has 2 fully saturated rings. The molecule has 196 valence electrons. The molecule has 2 aliphatic rings. The number of anilines is 2. The van der Waals surface area contributed by atoms with E-state index in [1.54, 1.807) is 6.07 Å². The number of benzene rings is 2. The molecule has 11 nitrogen and oxygen atoms in total. The van der Waals surface area contributed by atoms with Crippen LogP contribution in [0.2, 0.25) is 0 Å². The molecule has 2 aromatic carbocycles. The third-order valence-corrected chi connectivity index (χ3v) is 7.38. The van der Waals surface area contributed by atoms with Crippen LogP contribution < -0.4 is 10.6 Å². The lowest BCUT2D eigenvalue weighted by atomic mass is 10.0. The highest BCUT2D eigenvalue weighted by Gasteiger charge is 2.26. The van der Waals surface area contributed by atoms with Crippen LogP contribution in [0.25, 0.3) is 22.4 Å². The zero-order chi connectivity index (χ0) is 26.1. The Morgan fingerprint density at radius 2 is 1.79 bits per heavy atom. The van der Waals surface area contributed by atoms with Crippen molar-refractivity contribution >= 4 is 28.2 Å². The zero-order valence-corrected chi connectivity index (χ0v) is 21.1. The number of nitro groups is 1. The number of morpholine rings is 1. The van der Waals surface area contributed by atoms with Gasteiger partial charge in [0.15, 0.2) is 11.5 Å². The van der Waals surface area contributed by atoms with Crippen molar-refractivity contribution in [3.05, 3.63) is 70.4 Å². The average molecular weight is 515 g/mol. The van der Waals surface area contributed by atoms with Crippen LogP contribution in [0, 0.1) is 10.1 Å². The smallest absolute Gasteiger partial charge is 0.292 e. The lowest BCUT2D eigenvalue weighted by Crippen LogP contribution is -2.37. The van der Waals surface area contributed by atoms with Gasteiger partial charge in [0.2, 0.25) is 0 Å². The monoisotopic (exact) mass is 514 g/mol. The van der Waals surface area contributed by atoms with Crippen molar-refractivity contribution in [2.75, 3.05) is 50.0 Å². The Morgan fingerprint density at radius 1 is 1.03 bits per heavy atom. The second kappa shape index (κ2) is 10.3. The van der Waals surface area contributed by atoms with Crippen molar-refractivity contribution in [3.8, 4) is 11.4 Å². The number of fused-ring (bicyclic) bond motifs is 1. The Morgan fingerprint density at radius 3 is 2.53 bits per heavy atom. The first kappa shape index (κ1) is 24.3. The van der Waals surface area contributed by atoms with E-state index in [1.807, 2.05) is 16.9 Å². The van der Waals surface area contributed by atoms with Crippen LogP contribution in [-0.4, -0.2) is 69.0 Å². The van der Waals surface area contributed by atoms with E-state index in [0.29, 0.717) is 37.7 Å². The highest BCUT2D eigenvalue weighted by molar-refractivity contribution is 5.89. The molecule has 11 heteroatoms. The van der Waals surface area contributed by atoms with Gasteiger partial charge in [0, 0.05) is 44.4 Å². The van der Waals surface area contributed by atoms with Gasteiger partial charge in [0.05, 0.1) is 35.8 Å². The van der Waals surface area contributed by atoms with E-state index < -0.39 is 4.92 Å². The summed E-state index contributed by atoms with van der Waals surface area (Å²) in [6, 6.07) is 15.5. The molecule has 0 saturated carbocycles. The summed E-state index contributed by atoms with van der Waals surface area (Å²) < 4.78 is 7.58. The lowest BCUT2D eigenvalue weighted by molar-refractivity contribution is -0.383. The van der Waals surface area contributed by atoms with Crippen LogP contribution in [0.5, 0.6) is 0 Å². The fraction of sp³-hybridized carbons (Fsp3) is 0.370. The van der Waals surface area contributed by atoms with Gasteiger partial charge in [-0.25, -0.2) is 14.6 Å². The maximum Gasteiger partial charge on any atom is 0.292 e. The molecule has 6 rings (SSSR count). The summed E-state index contributed by atoms with van der Waals surface area (Å²) in [5.74, 6) is 1.20. The number of ether oxygens (including phenoxy) is 1. The molecule has 0 spiro atoms. The maximum absolute atomic E-state index is 11.5. The number of nitro benzene ring substituents is 1. The molecule has 4 heterocycles. The minimum Gasteiger partial charge on any atom is -0.393 e. The van der Waals surface area contributed by atoms with Gasteiger partial charge in [-0.15, -0.1) is 0 Å². The highest BCUT2D eigenvalue weighted by Crippen LogP contribution is 2.34. The van der Waals surface area contributed by atoms with E-state index in [2.05, 4.69) is 34.1 Å². The molecule has 0 unspecified atom stereocenters. The molecule has 4 aromatic rings. The number of rotatable bonds is 6. The number of nitrogens with two attached hydrogens (primary N) is 1. The van der Waals surface area contributed by atoms with Crippen molar-refractivity contribution in [1.82, 2.24) is 24.6 Å². The third kappa shape index (κ3) is 4.77. The fourth-order valence-electron chi connectivity index (χ4n) is 5.33. The summed E-state index contributed by atoms with van der Waals surface area (Å²) in [5.41, 5.74) is 8.42. The van der Waals surface area contributed by atoms with Gasteiger partial charge in [-0.1, -0.05) is 30.3 Å². The van der Waals surface area contributed by atoms with E-state index in [9.17, 15) is 10.1 Å². The first-order valence-electron chi connectivity index (χ1n) is 13.0. The molecular formula is C27H30N8O3. The Labute approximate surface area is 220 Å². The largest absolute Gasteiger partial charge is 0.393 e. The summed E-state index contributed by atoms with van der Waals surface area (Å²) in [6.45, 7) is 5.52. The average Bonchev–Trinajstić information content (AvgIpc) is 3.38. The number of piperidine rings is 1. The van der Waals surface area contributed by atoms with Gasteiger partial charge >= 0.3 is 0 Å². The van der Waals surface area contributed by atoms with E-state index in [-0.39, 0.29) is 17.4 Å². The summed E-state index contributed by atoms with van der Waals surface area (Å²) in [4.78, 5) is 25.5. The molecule has 0 atom stereocenters. The molecule has 38 heavy (non-hydrogen) atoms. The molecular weight excluding hydrogens is 484 g/mol. The SMILES string of the molecule is Nc1ccc(-c2nc(N3CCOCC3)c3cnn(C4CCN(Cc5ccccc5)CC4)c3n2)cc1[N+](=O)[O-]. The van der Waals surface area contributed by atoms with Crippen LogP contribution >= 0.6 is 0 Å². The predicted octanol–water partition coefficient (Wildman–Crippen LogP) is 3.66. The van der Waals surface area contributed by atoms with Crippen LogP contribution in [0.4, 0.5) is 17.2 Å². The van der Waals surface area contributed by atoms with Crippen LogP contribution in [-0.2, 0) is 11.3 Å². The zero-order valence-electron chi connectivity index (χ0n) is 21.1. The predicted molar refractivity (Wildman–Crippen MR) is 145 cm³/mol. The molecule has 0 bridgehead atoms. The van der Waals surface area contributed by atoms with Crippen LogP contribution in [0.3, 0.4) is 0 Å². The Bertz CT molecular complexity index is 1440. The standard InChI is InChI=1S/C27H30N8O3/c28-23-7-6-20(16-24(23)35(36)37)25-30-26(33-12-14-38-15-13-33)22-17-29-34(27(22)31-25)21-8-10-32(11-9-21)18-19-4-2-1-3-5-19/h1-7,16-17,21H,8-15,18,28H2. The lowest BCUT2D eigenvalue weighted by Gasteiger charge is -2.32. The van der Waals surface area contributed by atoms with Gasteiger partial charge in [0.25, 0.3) is 5.69 Å². The van der Waals surface area contributed by atoms with E-state index in [0.717, 1.165) is 49.3 Å². The van der Waals surface area contributed by atoms with Gasteiger partial charge in [-0.3, -0.25) is 15.0 Å². The van der Waals surface area contributed by atoms with Gasteiger partial charge < -0.3 is 15.4 Å². The van der Waals surface area contributed by atoms with Crippen molar-refractivity contribution in [3.63, 3.8) is 0 Å². The van der Waals surface area contributed by atoms with Crippen molar-refractivity contribution in [1.29, 1.82) is 0 Å². The Balaban J connectivity index is 1.34. The number of aromatic nitrogens is 4. The Kier molecular flexibility index (Phi) is 6.61. The molecule has 0 radical (unpaired) electrons. The van der Waals surface area contributed by atoms with Gasteiger partial charge in [0.1, 0.15) is 11.5 Å². The number of hydrogen-bond donors (Lipinski definition) is 1. The molecule has 0 aliphatic carbocycles. The summed E-state index contributed by atoms with van der Waals surface area (Å²) in [5, 5.41) is 17.2. The normalized spacial score (nSPS) is 17.2. The maximum atomic E-state index is 11.5. The molecule has 2 aliphatic heterocycles. The second-order valence-corrected chi connectivity index (χ2v) is 9.82. The first-order valence-corrected chi connectivity index (χ1v) is 13.0. The Hall–Kier alpha value is -4.09. The van der Waals surface area contributed by atoms with Crippen LogP contribution in [0.1, 0.15) is 24.4 Å². The fourth-order valence-corrected chi connectivity index (χ4v) is 5.33. The summed E-state index contributed by atoms with van der Waals surface area (Å²) in [7, 11) is 0. The van der Waals surface area contributed by atoms with Crippen molar-refractivity contribution in [2.45, 2.75) is 25.4 Å². The molecule has 2 saturated heterocycles. The molecule has 0 amide bonds. The molecule has 2 N–H and O–H groups in total. The summed E-state index contributed by atoms with van der Waals surface area (Å²) in [6.07, 6.45) is 3.78.